The number of carbonyl (C=O) groups is 1. The van der Waals surface area contributed by atoms with Gasteiger partial charge in [0.15, 0.2) is 0 Å². The van der Waals surface area contributed by atoms with E-state index in [9.17, 15) is 4.79 Å². The highest BCUT2D eigenvalue weighted by Gasteiger charge is 2.28. The fourth-order valence-corrected chi connectivity index (χ4v) is 2.05. The summed E-state index contributed by atoms with van der Waals surface area (Å²) < 4.78 is 11.1. The van der Waals surface area contributed by atoms with Crippen LogP contribution >= 0.6 is 0 Å². The van der Waals surface area contributed by atoms with Crippen LogP contribution in [0.3, 0.4) is 0 Å². The van der Waals surface area contributed by atoms with E-state index in [0.717, 1.165) is 12.8 Å². The first-order valence-corrected chi connectivity index (χ1v) is 6.84. The van der Waals surface area contributed by atoms with Crippen LogP contribution in [0.4, 0.5) is 4.79 Å². The summed E-state index contributed by atoms with van der Waals surface area (Å²) in [6.45, 7) is 6.83. The van der Waals surface area contributed by atoms with Crippen molar-refractivity contribution in [2.45, 2.75) is 45.3 Å². The van der Waals surface area contributed by atoms with Gasteiger partial charge in [-0.15, -0.1) is 0 Å². The topological polar surface area (TPSA) is 64.5 Å². The minimum Gasteiger partial charge on any atom is -0.472 e. The Bertz CT molecular complexity index is 445. The van der Waals surface area contributed by atoms with Crippen LogP contribution in [0.25, 0.3) is 0 Å². The molecule has 0 N–H and O–H groups in total. The van der Waals surface area contributed by atoms with E-state index >= 15 is 0 Å². The van der Waals surface area contributed by atoms with Crippen molar-refractivity contribution in [1.29, 1.82) is 0 Å². The van der Waals surface area contributed by atoms with E-state index in [1.165, 1.54) is 6.33 Å². The van der Waals surface area contributed by atoms with Gasteiger partial charge in [-0.1, -0.05) is 0 Å². The first kappa shape index (κ1) is 14.6. The standard InChI is InChI=1S/C14H21N3O3/c1-14(2,3)20-13(18)17-8-4-5-11(9-17)19-12-6-7-15-10-16-12/h6-7,10-11H,4-5,8-9H2,1-3H3. The van der Waals surface area contributed by atoms with E-state index in [-0.39, 0.29) is 12.2 Å². The Morgan fingerprint density at radius 3 is 2.90 bits per heavy atom. The minimum absolute atomic E-state index is 0.0498. The van der Waals surface area contributed by atoms with Crippen molar-refractivity contribution in [2.75, 3.05) is 13.1 Å². The molecule has 0 aliphatic carbocycles. The molecule has 1 atom stereocenters. The number of nitrogens with zero attached hydrogens (tertiary/aromatic N) is 3. The molecule has 1 aromatic rings. The maximum absolute atomic E-state index is 12.0. The van der Waals surface area contributed by atoms with Gasteiger partial charge in [0, 0.05) is 18.8 Å². The average molecular weight is 279 g/mol. The molecule has 6 heteroatoms. The summed E-state index contributed by atoms with van der Waals surface area (Å²) in [5.74, 6) is 0.538. The third kappa shape index (κ3) is 4.36. The molecule has 1 amide bonds. The van der Waals surface area contributed by atoms with Crippen LogP contribution in [0.2, 0.25) is 0 Å². The van der Waals surface area contributed by atoms with Gasteiger partial charge in [0.1, 0.15) is 18.0 Å². The summed E-state index contributed by atoms with van der Waals surface area (Å²) in [5, 5.41) is 0. The number of hydrogen-bond donors (Lipinski definition) is 0. The van der Waals surface area contributed by atoms with Crippen LogP contribution in [-0.4, -0.2) is 45.8 Å². The number of likely N-dealkylation sites (tertiary alicyclic amines) is 1. The molecule has 0 aromatic carbocycles. The summed E-state index contributed by atoms with van der Waals surface area (Å²) in [5.41, 5.74) is -0.475. The summed E-state index contributed by atoms with van der Waals surface area (Å²) in [7, 11) is 0. The van der Waals surface area contributed by atoms with Crippen molar-refractivity contribution in [1.82, 2.24) is 14.9 Å². The smallest absolute Gasteiger partial charge is 0.410 e. The second-order valence-electron chi connectivity index (χ2n) is 5.86. The molecule has 1 aliphatic heterocycles. The van der Waals surface area contributed by atoms with Gasteiger partial charge in [-0.05, 0) is 33.6 Å². The molecule has 1 aromatic heterocycles. The quantitative estimate of drug-likeness (QED) is 0.830. The van der Waals surface area contributed by atoms with Crippen LogP contribution in [0.1, 0.15) is 33.6 Å². The van der Waals surface area contributed by atoms with Crippen LogP contribution < -0.4 is 4.74 Å². The van der Waals surface area contributed by atoms with E-state index in [1.54, 1.807) is 17.2 Å². The molecule has 1 aliphatic rings. The van der Waals surface area contributed by atoms with Gasteiger partial charge in [-0.2, -0.15) is 0 Å². The second-order valence-corrected chi connectivity index (χ2v) is 5.86. The summed E-state index contributed by atoms with van der Waals surface area (Å²) in [6.07, 6.45) is 4.55. The summed E-state index contributed by atoms with van der Waals surface area (Å²) in [4.78, 5) is 21.6. The van der Waals surface area contributed by atoms with Gasteiger partial charge in [0.25, 0.3) is 0 Å². The molecule has 2 heterocycles. The molecule has 0 spiro atoms. The maximum Gasteiger partial charge on any atom is 0.410 e. The van der Waals surface area contributed by atoms with Crippen molar-refractivity contribution in [2.24, 2.45) is 0 Å². The lowest BCUT2D eigenvalue weighted by molar-refractivity contribution is 0.00720. The fraction of sp³-hybridized carbons (Fsp3) is 0.643. The molecular weight excluding hydrogens is 258 g/mol. The molecule has 20 heavy (non-hydrogen) atoms. The summed E-state index contributed by atoms with van der Waals surface area (Å²) >= 11 is 0. The molecule has 0 radical (unpaired) electrons. The second kappa shape index (κ2) is 6.07. The molecule has 0 bridgehead atoms. The zero-order chi connectivity index (χ0) is 14.6. The van der Waals surface area contributed by atoms with E-state index < -0.39 is 5.60 Å². The van der Waals surface area contributed by atoms with Gasteiger partial charge < -0.3 is 14.4 Å². The van der Waals surface area contributed by atoms with Crippen LogP contribution in [0.15, 0.2) is 18.6 Å². The number of hydrogen-bond acceptors (Lipinski definition) is 5. The van der Waals surface area contributed by atoms with E-state index in [4.69, 9.17) is 9.47 Å². The SMILES string of the molecule is CC(C)(C)OC(=O)N1CCCC(Oc2ccncn2)C1. The molecule has 110 valence electrons. The number of piperidine rings is 1. The fourth-order valence-electron chi connectivity index (χ4n) is 2.05. The van der Waals surface area contributed by atoms with Crippen LogP contribution in [0.5, 0.6) is 5.88 Å². The molecule has 2 rings (SSSR count). The predicted molar refractivity (Wildman–Crippen MR) is 73.5 cm³/mol. The molecule has 1 unspecified atom stereocenters. The Balaban J connectivity index is 1.90. The highest BCUT2D eigenvalue weighted by atomic mass is 16.6. The van der Waals surface area contributed by atoms with Gasteiger partial charge >= 0.3 is 6.09 Å². The minimum atomic E-state index is -0.475. The van der Waals surface area contributed by atoms with Gasteiger partial charge in [-0.25, -0.2) is 14.8 Å². The lowest BCUT2D eigenvalue weighted by Gasteiger charge is -2.33. The third-order valence-corrected chi connectivity index (χ3v) is 2.87. The molecule has 1 saturated heterocycles. The molecular formula is C14H21N3O3. The highest BCUT2D eigenvalue weighted by molar-refractivity contribution is 5.68. The molecule has 6 nitrogen and oxygen atoms in total. The van der Waals surface area contributed by atoms with Crippen molar-refractivity contribution in [3.05, 3.63) is 18.6 Å². The Morgan fingerprint density at radius 1 is 1.45 bits per heavy atom. The molecule has 1 fully saturated rings. The highest BCUT2D eigenvalue weighted by Crippen LogP contribution is 2.18. The lowest BCUT2D eigenvalue weighted by Crippen LogP contribution is -2.46. The Morgan fingerprint density at radius 2 is 2.25 bits per heavy atom. The normalized spacial score (nSPS) is 19.6. The number of rotatable bonds is 2. The Hall–Kier alpha value is -1.85. The van der Waals surface area contributed by atoms with Crippen LogP contribution in [-0.2, 0) is 4.74 Å². The largest absolute Gasteiger partial charge is 0.472 e. The number of aromatic nitrogens is 2. The average Bonchev–Trinajstić information content (AvgIpc) is 2.38. The molecule has 0 saturated carbocycles. The van der Waals surface area contributed by atoms with E-state index in [2.05, 4.69) is 9.97 Å². The van der Waals surface area contributed by atoms with E-state index in [0.29, 0.717) is 19.0 Å². The monoisotopic (exact) mass is 279 g/mol. The predicted octanol–water partition coefficient (Wildman–Crippen LogP) is 2.25. The van der Waals surface area contributed by atoms with Crippen molar-refractivity contribution in [3.63, 3.8) is 0 Å². The van der Waals surface area contributed by atoms with Gasteiger partial charge in [0.2, 0.25) is 5.88 Å². The summed E-state index contributed by atoms with van der Waals surface area (Å²) in [6, 6.07) is 1.71. The number of amides is 1. The Kier molecular flexibility index (Phi) is 4.42. The Labute approximate surface area is 119 Å². The first-order valence-electron chi connectivity index (χ1n) is 6.84. The third-order valence-electron chi connectivity index (χ3n) is 2.87. The first-order chi connectivity index (χ1) is 9.44. The van der Waals surface area contributed by atoms with Gasteiger partial charge in [0.05, 0.1) is 6.54 Å². The van der Waals surface area contributed by atoms with Crippen molar-refractivity contribution in [3.8, 4) is 5.88 Å². The number of ether oxygens (including phenoxy) is 2. The lowest BCUT2D eigenvalue weighted by atomic mass is 10.1. The van der Waals surface area contributed by atoms with Crippen molar-refractivity contribution >= 4 is 6.09 Å². The zero-order valence-electron chi connectivity index (χ0n) is 12.2. The van der Waals surface area contributed by atoms with Gasteiger partial charge in [-0.3, -0.25) is 0 Å². The van der Waals surface area contributed by atoms with Crippen molar-refractivity contribution < 1.29 is 14.3 Å². The van der Waals surface area contributed by atoms with Crippen LogP contribution in [0, 0.1) is 0 Å². The zero-order valence-corrected chi connectivity index (χ0v) is 12.2. The number of carbonyl (C=O) groups excluding carboxylic acids is 1. The maximum atomic E-state index is 12.0. The van der Waals surface area contributed by atoms with E-state index in [1.807, 2.05) is 20.8 Å².